The van der Waals surface area contributed by atoms with Gasteiger partial charge in [0.15, 0.2) is 5.76 Å². The van der Waals surface area contributed by atoms with Gasteiger partial charge in [0, 0.05) is 13.2 Å². The number of ether oxygens (including phenoxy) is 1. The molecule has 0 aliphatic rings. The normalized spacial score (nSPS) is 10.4. The predicted molar refractivity (Wildman–Crippen MR) is 64.0 cm³/mol. The molecule has 0 fully saturated rings. The lowest BCUT2D eigenvalue weighted by atomic mass is 10.4. The van der Waals surface area contributed by atoms with Crippen LogP contribution in [0.15, 0.2) is 45.6 Å². The van der Waals surface area contributed by atoms with Crippen LogP contribution in [0.1, 0.15) is 22.7 Å². The zero-order chi connectivity index (χ0) is 12.6. The third-order valence-electron chi connectivity index (χ3n) is 2.32. The molecule has 2 aromatic rings. The molecule has 0 unspecified atom stereocenters. The van der Waals surface area contributed by atoms with Gasteiger partial charge < -0.3 is 18.9 Å². The molecule has 1 amide bonds. The van der Waals surface area contributed by atoms with Crippen molar-refractivity contribution in [2.24, 2.45) is 0 Å². The minimum atomic E-state index is -0.203. The molecule has 2 heterocycles. The van der Waals surface area contributed by atoms with E-state index in [0.717, 1.165) is 12.2 Å². The molecule has 2 rings (SSSR count). The highest BCUT2D eigenvalue weighted by Crippen LogP contribution is 2.02. The first kappa shape index (κ1) is 12.4. The first-order chi connectivity index (χ1) is 8.86. The number of amides is 1. The molecule has 0 saturated carbocycles. The molecule has 0 saturated heterocycles. The standard InChI is InChI=1S/C13H15NO4/c15-13(12-5-2-9-18-12)14-6-3-7-16-10-11-4-1-8-17-11/h1-2,4-5,8-9H,3,6-7,10H2,(H,14,15). The van der Waals surface area contributed by atoms with E-state index in [1.807, 2.05) is 12.1 Å². The fraction of sp³-hybridized carbons (Fsp3) is 0.308. The van der Waals surface area contributed by atoms with Crippen molar-refractivity contribution in [2.45, 2.75) is 13.0 Å². The second-order valence-corrected chi connectivity index (χ2v) is 3.72. The first-order valence-electron chi connectivity index (χ1n) is 5.78. The summed E-state index contributed by atoms with van der Waals surface area (Å²) in [7, 11) is 0. The zero-order valence-corrected chi connectivity index (χ0v) is 9.93. The van der Waals surface area contributed by atoms with Crippen molar-refractivity contribution in [1.82, 2.24) is 5.32 Å². The Hall–Kier alpha value is -2.01. The summed E-state index contributed by atoms with van der Waals surface area (Å²) in [5.41, 5.74) is 0. The number of hydrogen-bond donors (Lipinski definition) is 1. The van der Waals surface area contributed by atoms with Crippen LogP contribution in [-0.2, 0) is 11.3 Å². The van der Waals surface area contributed by atoms with Crippen molar-refractivity contribution in [3.05, 3.63) is 48.3 Å². The summed E-state index contributed by atoms with van der Waals surface area (Å²) in [5.74, 6) is 0.923. The van der Waals surface area contributed by atoms with E-state index in [1.165, 1.54) is 6.26 Å². The Labute approximate surface area is 105 Å². The van der Waals surface area contributed by atoms with E-state index in [0.29, 0.717) is 25.5 Å². The van der Waals surface area contributed by atoms with Gasteiger partial charge in [-0.1, -0.05) is 0 Å². The average molecular weight is 249 g/mol. The molecule has 0 atom stereocenters. The fourth-order valence-electron chi connectivity index (χ4n) is 1.44. The van der Waals surface area contributed by atoms with E-state index in [4.69, 9.17) is 13.6 Å². The minimum absolute atomic E-state index is 0.203. The van der Waals surface area contributed by atoms with Gasteiger partial charge in [-0.15, -0.1) is 0 Å². The molecule has 5 nitrogen and oxygen atoms in total. The quantitative estimate of drug-likeness (QED) is 0.764. The Morgan fingerprint density at radius 2 is 2.06 bits per heavy atom. The van der Waals surface area contributed by atoms with Gasteiger partial charge in [0.2, 0.25) is 0 Å². The number of rotatable bonds is 7. The lowest BCUT2D eigenvalue weighted by molar-refractivity contribution is 0.0894. The van der Waals surface area contributed by atoms with Crippen molar-refractivity contribution in [3.63, 3.8) is 0 Å². The fourth-order valence-corrected chi connectivity index (χ4v) is 1.44. The van der Waals surface area contributed by atoms with Gasteiger partial charge in [-0.05, 0) is 30.7 Å². The summed E-state index contributed by atoms with van der Waals surface area (Å²) < 4.78 is 15.5. The van der Waals surface area contributed by atoms with Crippen molar-refractivity contribution >= 4 is 5.91 Å². The summed E-state index contributed by atoms with van der Waals surface area (Å²) >= 11 is 0. The molecule has 1 N–H and O–H groups in total. The molecule has 0 bridgehead atoms. The van der Waals surface area contributed by atoms with Gasteiger partial charge in [0.25, 0.3) is 5.91 Å². The maximum absolute atomic E-state index is 11.5. The molecular weight excluding hydrogens is 234 g/mol. The lowest BCUT2D eigenvalue weighted by Crippen LogP contribution is -2.24. The van der Waals surface area contributed by atoms with Crippen LogP contribution in [0.25, 0.3) is 0 Å². The van der Waals surface area contributed by atoms with E-state index in [-0.39, 0.29) is 5.91 Å². The third kappa shape index (κ3) is 3.78. The van der Waals surface area contributed by atoms with Gasteiger partial charge >= 0.3 is 0 Å². The smallest absolute Gasteiger partial charge is 0.286 e. The predicted octanol–water partition coefficient (Wildman–Crippen LogP) is 2.21. The number of nitrogens with one attached hydrogen (secondary N) is 1. The highest BCUT2D eigenvalue weighted by molar-refractivity contribution is 5.91. The summed E-state index contributed by atoms with van der Waals surface area (Å²) in [6.45, 7) is 1.58. The average Bonchev–Trinajstić information content (AvgIpc) is 3.05. The molecule has 0 aliphatic carbocycles. The Balaban J connectivity index is 1.52. The minimum Gasteiger partial charge on any atom is -0.467 e. The molecule has 0 radical (unpaired) electrons. The van der Waals surface area contributed by atoms with Crippen LogP contribution < -0.4 is 5.32 Å². The molecule has 5 heteroatoms. The van der Waals surface area contributed by atoms with Crippen LogP contribution in [0, 0.1) is 0 Å². The number of furan rings is 2. The molecule has 18 heavy (non-hydrogen) atoms. The van der Waals surface area contributed by atoms with Gasteiger partial charge in [0.1, 0.15) is 12.4 Å². The summed E-state index contributed by atoms with van der Waals surface area (Å²) in [4.78, 5) is 11.5. The lowest BCUT2D eigenvalue weighted by Gasteiger charge is -2.03. The van der Waals surface area contributed by atoms with Crippen LogP contribution in [0.5, 0.6) is 0 Å². The van der Waals surface area contributed by atoms with E-state index >= 15 is 0 Å². The zero-order valence-electron chi connectivity index (χ0n) is 9.93. The monoisotopic (exact) mass is 249 g/mol. The molecule has 2 aromatic heterocycles. The van der Waals surface area contributed by atoms with Crippen molar-refractivity contribution in [2.75, 3.05) is 13.2 Å². The Morgan fingerprint density at radius 3 is 2.78 bits per heavy atom. The Bertz CT molecular complexity index is 447. The molecule has 0 spiro atoms. The van der Waals surface area contributed by atoms with Gasteiger partial charge in [-0.3, -0.25) is 4.79 Å². The van der Waals surface area contributed by atoms with Crippen molar-refractivity contribution in [3.8, 4) is 0 Å². The number of carbonyl (C=O) groups excluding carboxylic acids is 1. The number of hydrogen-bond acceptors (Lipinski definition) is 4. The van der Waals surface area contributed by atoms with Gasteiger partial charge in [-0.2, -0.15) is 0 Å². The molecule has 0 aliphatic heterocycles. The van der Waals surface area contributed by atoms with Crippen LogP contribution in [0.4, 0.5) is 0 Å². The van der Waals surface area contributed by atoms with E-state index in [9.17, 15) is 4.79 Å². The van der Waals surface area contributed by atoms with E-state index in [2.05, 4.69) is 5.32 Å². The SMILES string of the molecule is O=C(NCCCOCc1ccco1)c1ccco1. The van der Waals surface area contributed by atoms with E-state index < -0.39 is 0 Å². The van der Waals surface area contributed by atoms with Crippen LogP contribution in [0.2, 0.25) is 0 Å². The highest BCUT2D eigenvalue weighted by Gasteiger charge is 2.06. The molecule has 0 aromatic carbocycles. The highest BCUT2D eigenvalue weighted by atomic mass is 16.5. The van der Waals surface area contributed by atoms with E-state index in [1.54, 1.807) is 18.4 Å². The summed E-state index contributed by atoms with van der Waals surface area (Å²) in [6.07, 6.45) is 3.83. The summed E-state index contributed by atoms with van der Waals surface area (Å²) in [5, 5.41) is 2.74. The van der Waals surface area contributed by atoms with Crippen LogP contribution in [0.3, 0.4) is 0 Å². The molecule has 96 valence electrons. The van der Waals surface area contributed by atoms with Gasteiger partial charge in [0.05, 0.1) is 12.5 Å². The van der Waals surface area contributed by atoms with Crippen molar-refractivity contribution < 1.29 is 18.4 Å². The third-order valence-corrected chi connectivity index (χ3v) is 2.32. The topological polar surface area (TPSA) is 64.6 Å². The van der Waals surface area contributed by atoms with Crippen LogP contribution in [-0.4, -0.2) is 19.1 Å². The first-order valence-corrected chi connectivity index (χ1v) is 5.78. The maximum Gasteiger partial charge on any atom is 0.286 e. The second kappa shape index (κ2) is 6.66. The maximum atomic E-state index is 11.5. The van der Waals surface area contributed by atoms with Crippen molar-refractivity contribution in [1.29, 1.82) is 0 Å². The summed E-state index contributed by atoms with van der Waals surface area (Å²) in [6, 6.07) is 6.99. The molecular formula is C13H15NO4. The Kier molecular flexibility index (Phi) is 4.60. The van der Waals surface area contributed by atoms with Crippen LogP contribution >= 0.6 is 0 Å². The second-order valence-electron chi connectivity index (χ2n) is 3.72. The largest absolute Gasteiger partial charge is 0.467 e. The number of carbonyl (C=O) groups is 1. The Morgan fingerprint density at radius 1 is 1.22 bits per heavy atom. The van der Waals surface area contributed by atoms with Gasteiger partial charge in [-0.25, -0.2) is 0 Å².